The van der Waals surface area contributed by atoms with Gasteiger partial charge in [0.15, 0.2) is 11.5 Å². The summed E-state index contributed by atoms with van der Waals surface area (Å²) in [5.41, 5.74) is 3.17. The molecule has 0 aromatic heterocycles. The van der Waals surface area contributed by atoms with Crippen LogP contribution in [0.1, 0.15) is 34.2 Å². The molecule has 2 aliphatic carbocycles. The van der Waals surface area contributed by atoms with Crippen molar-refractivity contribution in [1.29, 1.82) is 0 Å². The molecule has 0 unspecified atom stereocenters. The predicted octanol–water partition coefficient (Wildman–Crippen LogP) is 3.75. The van der Waals surface area contributed by atoms with E-state index < -0.39 is 23.2 Å². The lowest BCUT2D eigenvalue weighted by atomic mass is 9.50. The topological polar surface area (TPSA) is 73.2 Å². The number of ether oxygens (including phenoxy) is 1. The maximum absolute atomic E-state index is 13.4. The van der Waals surface area contributed by atoms with Crippen molar-refractivity contribution >= 4 is 5.91 Å². The fraction of sp³-hybridized carbons (Fsp3) is 0.343. The fourth-order valence-corrected chi connectivity index (χ4v) is 7.76. The molecule has 2 bridgehead atoms. The van der Waals surface area contributed by atoms with Crippen LogP contribution in [0.5, 0.6) is 11.5 Å². The molecule has 208 valence electrons. The Balaban J connectivity index is 1.25. The van der Waals surface area contributed by atoms with Crippen LogP contribution in [0.4, 0.5) is 0 Å². The Morgan fingerprint density at radius 2 is 1.98 bits per heavy atom. The van der Waals surface area contributed by atoms with Crippen molar-refractivity contribution < 1.29 is 19.7 Å². The van der Waals surface area contributed by atoms with Crippen LogP contribution >= 0.6 is 0 Å². The Hall–Kier alpha value is -4.05. The molecule has 1 amide bonds. The number of hydrogen-bond donors (Lipinski definition) is 2. The van der Waals surface area contributed by atoms with Crippen LogP contribution in [0.3, 0.4) is 0 Å². The van der Waals surface area contributed by atoms with E-state index in [4.69, 9.17) is 4.74 Å². The van der Waals surface area contributed by atoms with E-state index in [-0.39, 0.29) is 17.7 Å². The summed E-state index contributed by atoms with van der Waals surface area (Å²) in [5.74, 6) is 6.01. The Kier molecular flexibility index (Phi) is 6.01. The number of nitrogens with zero attached hydrogens (tertiary/aromatic N) is 2. The number of benzene rings is 3. The number of likely N-dealkylation sites (tertiary alicyclic amines) is 1. The van der Waals surface area contributed by atoms with Gasteiger partial charge in [0, 0.05) is 36.7 Å². The number of aryl methyl sites for hydroxylation is 1. The number of phenols is 1. The quantitative estimate of drug-likeness (QED) is 0.385. The molecule has 1 spiro atoms. The number of likely N-dealkylation sites (N-methyl/N-ethyl adjacent to an activating group) is 1. The standard InChI is InChI=1S/C35H34N2O4/c1-23-7-6-10-25(21-23)11-14-30(39)36(2)27-15-17-35(40)29-22-26-12-13-28(38)32-31(26)34(35,33(27)41-32)18-20-37(29)19-16-24-8-4-3-5-9-24/h3-10,12-13,15,17,21,27,29,33,38,40H,16,18-20,22H2,1-2H3/t27-,29-,33+,34+,35-/m1/s1. The molecule has 2 aliphatic heterocycles. The van der Waals surface area contributed by atoms with Crippen molar-refractivity contribution in [2.45, 2.75) is 55.4 Å². The largest absolute Gasteiger partial charge is 0.504 e. The molecular formula is C35H34N2O4. The van der Waals surface area contributed by atoms with Gasteiger partial charge in [-0.05, 0) is 67.6 Å². The number of hydrogen-bond acceptors (Lipinski definition) is 5. The minimum absolute atomic E-state index is 0.0757. The van der Waals surface area contributed by atoms with Gasteiger partial charge in [0.2, 0.25) is 0 Å². The van der Waals surface area contributed by atoms with Crippen LogP contribution in [-0.4, -0.2) is 69.8 Å². The van der Waals surface area contributed by atoms with Gasteiger partial charge in [0.25, 0.3) is 5.91 Å². The van der Waals surface area contributed by atoms with Gasteiger partial charge in [0.05, 0.1) is 11.5 Å². The van der Waals surface area contributed by atoms with Crippen LogP contribution < -0.4 is 4.74 Å². The first kappa shape index (κ1) is 25.9. The van der Waals surface area contributed by atoms with Gasteiger partial charge >= 0.3 is 0 Å². The Labute approximate surface area is 240 Å². The highest BCUT2D eigenvalue weighted by molar-refractivity contribution is 5.94. The van der Waals surface area contributed by atoms with E-state index in [1.54, 1.807) is 18.0 Å². The van der Waals surface area contributed by atoms with Gasteiger partial charge in [-0.15, -0.1) is 0 Å². The fourth-order valence-electron chi connectivity index (χ4n) is 7.76. The summed E-state index contributed by atoms with van der Waals surface area (Å²) in [6, 6.07) is 21.3. The highest BCUT2D eigenvalue weighted by atomic mass is 16.5. The molecule has 5 atom stereocenters. The lowest BCUT2D eigenvalue weighted by Gasteiger charge is -2.62. The van der Waals surface area contributed by atoms with Crippen LogP contribution in [0.2, 0.25) is 0 Å². The second-order valence-corrected chi connectivity index (χ2v) is 11.9. The number of piperidine rings is 1. The third kappa shape index (κ3) is 3.83. The van der Waals surface area contributed by atoms with Crippen molar-refractivity contribution in [2.24, 2.45) is 0 Å². The van der Waals surface area contributed by atoms with Gasteiger partial charge in [0.1, 0.15) is 11.7 Å². The van der Waals surface area contributed by atoms with Crippen molar-refractivity contribution in [3.63, 3.8) is 0 Å². The molecule has 1 fully saturated rings. The normalized spacial score (nSPS) is 28.7. The number of amides is 1. The van der Waals surface area contributed by atoms with Crippen molar-refractivity contribution in [3.05, 3.63) is 107 Å². The molecule has 3 aromatic carbocycles. The third-order valence-corrected chi connectivity index (χ3v) is 9.76. The average molecular weight is 547 g/mol. The monoisotopic (exact) mass is 546 g/mol. The molecule has 2 heterocycles. The molecule has 0 radical (unpaired) electrons. The number of carbonyl (C=O) groups excluding carboxylic acids is 1. The smallest absolute Gasteiger partial charge is 0.299 e. The van der Waals surface area contributed by atoms with Crippen LogP contribution in [0.25, 0.3) is 0 Å². The van der Waals surface area contributed by atoms with Gasteiger partial charge in [-0.2, -0.15) is 0 Å². The lowest BCUT2D eigenvalue weighted by Crippen LogP contribution is -2.76. The SMILES string of the molecule is Cc1cccc(C#CC(=O)N(C)[C@@H]2C=C[C@@]3(O)[C@H]4Cc5ccc(O)c6c5[C@@]3(CCN4CCc3ccccc3)[C@H]2O6)c1. The van der Waals surface area contributed by atoms with Crippen LogP contribution in [0.15, 0.2) is 78.9 Å². The maximum atomic E-state index is 13.4. The molecule has 1 saturated heterocycles. The number of carbonyl (C=O) groups is 1. The van der Waals surface area contributed by atoms with Gasteiger partial charge < -0.3 is 19.8 Å². The van der Waals surface area contributed by atoms with E-state index in [0.717, 1.165) is 41.8 Å². The van der Waals surface area contributed by atoms with E-state index in [2.05, 4.69) is 41.0 Å². The van der Waals surface area contributed by atoms with Crippen molar-refractivity contribution in [1.82, 2.24) is 9.80 Å². The predicted molar refractivity (Wildman–Crippen MR) is 157 cm³/mol. The molecule has 7 rings (SSSR count). The van der Waals surface area contributed by atoms with Crippen LogP contribution in [-0.2, 0) is 23.1 Å². The lowest BCUT2D eigenvalue weighted by molar-refractivity contribution is -0.153. The maximum Gasteiger partial charge on any atom is 0.299 e. The van der Waals surface area contributed by atoms with E-state index in [1.165, 1.54) is 5.56 Å². The molecule has 6 nitrogen and oxygen atoms in total. The highest BCUT2D eigenvalue weighted by Crippen LogP contribution is 2.64. The van der Waals surface area contributed by atoms with Crippen LogP contribution in [0, 0.1) is 18.8 Å². The van der Waals surface area contributed by atoms with E-state index in [9.17, 15) is 15.0 Å². The highest BCUT2D eigenvalue weighted by Gasteiger charge is 2.72. The summed E-state index contributed by atoms with van der Waals surface area (Å²) in [6.07, 6.45) is 5.50. The summed E-state index contributed by atoms with van der Waals surface area (Å²) in [4.78, 5) is 17.4. The molecular weight excluding hydrogens is 512 g/mol. The number of rotatable bonds is 4. The first-order chi connectivity index (χ1) is 19.8. The zero-order valence-electron chi connectivity index (χ0n) is 23.4. The summed E-state index contributed by atoms with van der Waals surface area (Å²) in [6.45, 7) is 3.62. The number of phenolic OH excluding ortho intramolecular Hbond substituents is 1. The molecule has 41 heavy (non-hydrogen) atoms. The second-order valence-electron chi connectivity index (χ2n) is 11.9. The average Bonchev–Trinajstić information content (AvgIpc) is 3.33. The number of aromatic hydroxyl groups is 1. The molecule has 6 heteroatoms. The zero-order chi connectivity index (χ0) is 28.4. The summed E-state index contributed by atoms with van der Waals surface area (Å²) < 4.78 is 6.58. The molecule has 0 saturated carbocycles. The Bertz CT molecular complexity index is 1620. The first-order valence-corrected chi connectivity index (χ1v) is 14.4. The van der Waals surface area contributed by atoms with Gasteiger partial charge in [-0.3, -0.25) is 9.69 Å². The molecule has 2 N–H and O–H groups in total. The minimum Gasteiger partial charge on any atom is -0.504 e. The van der Waals surface area contributed by atoms with E-state index >= 15 is 0 Å². The minimum atomic E-state index is -1.20. The number of aliphatic hydroxyl groups is 1. The van der Waals surface area contributed by atoms with Gasteiger partial charge in [-0.25, -0.2) is 0 Å². The Morgan fingerprint density at radius 3 is 2.78 bits per heavy atom. The molecule has 4 aliphatic rings. The zero-order valence-corrected chi connectivity index (χ0v) is 23.4. The summed E-state index contributed by atoms with van der Waals surface area (Å²) in [5, 5.41) is 23.5. The third-order valence-electron chi connectivity index (χ3n) is 9.76. The first-order valence-electron chi connectivity index (χ1n) is 14.4. The summed E-state index contributed by atoms with van der Waals surface area (Å²) >= 11 is 0. The van der Waals surface area contributed by atoms with Crippen molar-refractivity contribution in [2.75, 3.05) is 20.1 Å². The van der Waals surface area contributed by atoms with E-state index in [0.29, 0.717) is 18.6 Å². The van der Waals surface area contributed by atoms with Gasteiger partial charge in [-0.1, -0.05) is 66.6 Å². The van der Waals surface area contributed by atoms with E-state index in [1.807, 2.05) is 55.5 Å². The summed E-state index contributed by atoms with van der Waals surface area (Å²) in [7, 11) is 1.74. The Morgan fingerprint density at radius 1 is 1.15 bits per heavy atom. The van der Waals surface area contributed by atoms with Crippen molar-refractivity contribution in [3.8, 4) is 23.3 Å². The second kappa shape index (κ2) is 9.51. The molecule has 3 aromatic rings.